The van der Waals surface area contributed by atoms with Crippen LogP contribution in [0.2, 0.25) is 0 Å². The molecule has 1 unspecified atom stereocenters. The Bertz CT molecular complexity index is 250. The summed E-state index contributed by atoms with van der Waals surface area (Å²) < 4.78 is 0. The smallest absolute Gasteiger partial charge is 0.116 e. The molecule has 0 aromatic heterocycles. The average Bonchev–Trinajstić information content (AvgIpc) is 3.03. The van der Waals surface area contributed by atoms with Crippen LogP contribution in [0.5, 0.6) is 0 Å². The van der Waals surface area contributed by atoms with E-state index < -0.39 is 5.54 Å². The Hall–Kier alpha value is -0.590. The number of nitriles is 1. The van der Waals surface area contributed by atoms with Gasteiger partial charge in [0.2, 0.25) is 0 Å². The molecule has 0 spiro atoms. The molecule has 3 nitrogen and oxygen atoms in total. The summed E-state index contributed by atoms with van der Waals surface area (Å²) >= 11 is 0. The third-order valence-electron chi connectivity index (χ3n) is 3.48. The summed E-state index contributed by atoms with van der Waals surface area (Å²) in [6.45, 7) is 7.25. The third-order valence-corrected chi connectivity index (χ3v) is 3.48. The van der Waals surface area contributed by atoms with E-state index in [1.165, 1.54) is 12.8 Å². The Morgan fingerprint density at radius 3 is 2.38 bits per heavy atom. The van der Waals surface area contributed by atoms with Crippen molar-refractivity contribution in [1.82, 2.24) is 10.2 Å². The van der Waals surface area contributed by atoms with Crippen LogP contribution >= 0.6 is 0 Å². The van der Waals surface area contributed by atoms with E-state index in [0.29, 0.717) is 12.1 Å². The highest BCUT2D eigenvalue weighted by Gasteiger charge is 2.34. The second kappa shape index (κ2) is 5.65. The largest absolute Gasteiger partial charge is 0.301 e. The van der Waals surface area contributed by atoms with E-state index in [9.17, 15) is 5.26 Å². The summed E-state index contributed by atoms with van der Waals surface area (Å²) in [5.74, 6) is 0. The highest BCUT2D eigenvalue weighted by Crippen LogP contribution is 2.23. The quantitative estimate of drug-likeness (QED) is 0.718. The van der Waals surface area contributed by atoms with Gasteiger partial charge >= 0.3 is 0 Å². The maximum Gasteiger partial charge on any atom is 0.116 e. The molecule has 3 heteroatoms. The van der Waals surface area contributed by atoms with Gasteiger partial charge in [-0.25, -0.2) is 0 Å². The van der Waals surface area contributed by atoms with Crippen LogP contribution in [0.1, 0.15) is 46.5 Å². The third kappa shape index (κ3) is 3.77. The molecule has 0 heterocycles. The molecule has 0 aromatic carbocycles. The molecule has 1 rings (SSSR count). The van der Waals surface area contributed by atoms with Crippen LogP contribution in [0, 0.1) is 11.3 Å². The van der Waals surface area contributed by atoms with E-state index in [1.807, 2.05) is 6.92 Å². The van der Waals surface area contributed by atoms with Crippen LogP contribution in [0.4, 0.5) is 0 Å². The van der Waals surface area contributed by atoms with E-state index in [0.717, 1.165) is 19.4 Å². The Labute approximate surface area is 99.8 Å². The number of nitrogens with zero attached hydrogens (tertiary/aromatic N) is 2. The van der Waals surface area contributed by atoms with Gasteiger partial charge in [-0.15, -0.1) is 0 Å². The van der Waals surface area contributed by atoms with Crippen LogP contribution in [-0.2, 0) is 0 Å². The molecule has 0 aromatic rings. The van der Waals surface area contributed by atoms with Gasteiger partial charge in [0, 0.05) is 18.6 Å². The molecule has 1 fully saturated rings. The lowest BCUT2D eigenvalue weighted by molar-refractivity contribution is 0.187. The number of hydrogen-bond donors (Lipinski definition) is 1. The van der Waals surface area contributed by atoms with Crippen molar-refractivity contribution in [3.05, 3.63) is 0 Å². The molecule has 92 valence electrons. The minimum Gasteiger partial charge on any atom is -0.301 e. The molecular weight excluding hydrogens is 198 g/mol. The second-order valence-corrected chi connectivity index (χ2v) is 5.25. The van der Waals surface area contributed by atoms with Crippen molar-refractivity contribution in [3.63, 3.8) is 0 Å². The lowest BCUT2D eigenvalue weighted by Gasteiger charge is -2.33. The van der Waals surface area contributed by atoms with Crippen molar-refractivity contribution in [1.29, 1.82) is 5.26 Å². The zero-order valence-electron chi connectivity index (χ0n) is 11.1. The monoisotopic (exact) mass is 223 g/mol. The van der Waals surface area contributed by atoms with Crippen molar-refractivity contribution in [2.75, 3.05) is 13.6 Å². The molecule has 1 N–H and O–H groups in total. The lowest BCUT2D eigenvalue weighted by atomic mass is 10.0. The second-order valence-electron chi connectivity index (χ2n) is 5.25. The van der Waals surface area contributed by atoms with Gasteiger partial charge in [0.15, 0.2) is 0 Å². The van der Waals surface area contributed by atoms with Crippen molar-refractivity contribution in [2.45, 2.75) is 64.1 Å². The highest BCUT2D eigenvalue weighted by atomic mass is 15.2. The zero-order chi connectivity index (χ0) is 12.2. The first-order valence-corrected chi connectivity index (χ1v) is 6.43. The lowest BCUT2D eigenvalue weighted by Crippen LogP contribution is -2.52. The number of hydrogen-bond acceptors (Lipinski definition) is 3. The van der Waals surface area contributed by atoms with Crippen molar-refractivity contribution in [2.24, 2.45) is 0 Å². The highest BCUT2D eigenvalue weighted by molar-refractivity contribution is 5.09. The average molecular weight is 223 g/mol. The normalized spacial score (nSPS) is 19.8. The van der Waals surface area contributed by atoms with Gasteiger partial charge in [-0.05, 0) is 39.7 Å². The summed E-state index contributed by atoms with van der Waals surface area (Å²) in [5, 5.41) is 12.7. The fourth-order valence-corrected chi connectivity index (χ4v) is 2.33. The number of rotatable bonds is 7. The van der Waals surface area contributed by atoms with Gasteiger partial charge in [0.05, 0.1) is 6.07 Å². The Kier molecular flexibility index (Phi) is 4.76. The molecule has 0 amide bonds. The SMILES string of the molecule is CCC(CC)N(C)CC(C)(C#N)NC1CC1. The molecule has 0 radical (unpaired) electrons. The molecule has 1 aliphatic rings. The van der Waals surface area contributed by atoms with Gasteiger partial charge in [-0.1, -0.05) is 13.8 Å². The number of likely N-dealkylation sites (N-methyl/N-ethyl adjacent to an activating group) is 1. The summed E-state index contributed by atoms with van der Waals surface area (Å²) in [4.78, 5) is 2.32. The van der Waals surface area contributed by atoms with E-state index in [2.05, 4.69) is 37.2 Å². The number of nitrogens with one attached hydrogen (secondary N) is 1. The Morgan fingerprint density at radius 1 is 1.44 bits per heavy atom. The fourth-order valence-electron chi connectivity index (χ4n) is 2.33. The van der Waals surface area contributed by atoms with Crippen LogP contribution < -0.4 is 5.32 Å². The van der Waals surface area contributed by atoms with Gasteiger partial charge in [0.1, 0.15) is 5.54 Å². The summed E-state index contributed by atoms with van der Waals surface area (Å²) in [6.07, 6.45) is 4.76. The van der Waals surface area contributed by atoms with Gasteiger partial charge in [-0.3, -0.25) is 5.32 Å². The van der Waals surface area contributed by atoms with E-state index >= 15 is 0 Å². The minimum atomic E-state index is -0.390. The topological polar surface area (TPSA) is 39.1 Å². The van der Waals surface area contributed by atoms with E-state index in [-0.39, 0.29) is 0 Å². The molecule has 0 bridgehead atoms. The molecule has 0 aliphatic heterocycles. The van der Waals surface area contributed by atoms with Gasteiger partial charge < -0.3 is 4.90 Å². The predicted octanol–water partition coefficient (Wildman–Crippen LogP) is 2.14. The molecule has 0 saturated heterocycles. The van der Waals surface area contributed by atoms with Crippen LogP contribution in [-0.4, -0.2) is 36.1 Å². The minimum absolute atomic E-state index is 0.390. The van der Waals surface area contributed by atoms with Gasteiger partial charge in [-0.2, -0.15) is 5.26 Å². The summed E-state index contributed by atoms with van der Waals surface area (Å²) in [6, 6.07) is 3.61. The molecule has 1 aliphatic carbocycles. The Balaban J connectivity index is 2.50. The standard InChI is InChI=1S/C13H25N3/c1-5-12(6-2)16(4)10-13(3,9-14)15-11-7-8-11/h11-12,15H,5-8,10H2,1-4H3. The van der Waals surface area contributed by atoms with Gasteiger partial charge in [0.25, 0.3) is 0 Å². The first-order valence-electron chi connectivity index (χ1n) is 6.43. The molecule has 1 saturated carbocycles. The molecular formula is C13H25N3. The first-order chi connectivity index (χ1) is 7.54. The fraction of sp³-hybridized carbons (Fsp3) is 0.923. The molecule has 1 atom stereocenters. The maximum atomic E-state index is 9.30. The molecule has 16 heavy (non-hydrogen) atoms. The van der Waals surface area contributed by atoms with E-state index in [4.69, 9.17) is 0 Å². The summed E-state index contributed by atoms with van der Waals surface area (Å²) in [7, 11) is 2.13. The van der Waals surface area contributed by atoms with Crippen LogP contribution in [0.25, 0.3) is 0 Å². The summed E-state index contributed by atoms with van der Waals surface area (Å²) in [5.41, 5.74) is -0.390. The van der Waals surface area contributed by atoms with Crippen LogP contribution in [0.3, 0.4) is 0 Å². The van der Waals surface area contributed by atoms with Crippen LogP contribution in [0.15, 0.2) is 0 Å². The van der Waals surface area contributed by atoms with Crippen molar-refractivity contribution < 1.29 is 0 Å². The van der Waals surface area contributed by atoms with E-state index in [1.54, 1.807) is 0 Å². The van der Waals surface area contributed by atoms with Crippen molar-refractivity contribution >= 4 is 0 Å². The maximum absolute atomic E-state index is 9.30. The first kappa shape index (κ1) is 13.5. The predicted molar refractivity (Wildman–Crippen MR) is 67.2 cm³/mol. The van der Waals surface area contributed by atoms with Crippen molar-refractivity contribution in [3.8, 4) is 6.07 Å². The zero-order valence-corrected chi connectivity index (χ0v) is 11.1. The Morgan fingerprint density at radius 2 is 2.00 bits per heavy atom.